The second-order valence-corrected chi connectivity index (χ2v) is 7.94. The quantitative estimate of drug-likeness (QED) is 0.791. The molecule has 1 amide bonds. The van der Waals surface area contributed by atoms with Crippen molar-refractivity contribution in [3.63, 3.8) is 0 Å². The molecule has 3 heterocycles. The second-order valence-electron chi connectivity index (χ2n) is 6.93. The van der Waals surface area contributed by atoms with Gasteiger partial charge in [0.1, 0.15) is 11.1 Å². The van der Waals surface area contributed by atoms with Crippen LogP contribution in [-0.4, -0.2) is 54.9 Å². The fraction of sp³-hybridized carbons (Fsp3) is 0.526. The molecule has 2 aliphatic rings. The van der Waals surface area contributed by atoms with Crippen molar-refractivity contribution >= 4 is 22.4 Å². The summed E-state index contributed by atoms with van der Waals surface area (Å²) in [7, 11) is 3.27. The second kappa shape index (κ2) is 8.42. The van der Waals surface area contributed by atoms with Crippen molar-refractivity contribution < 1.29 is 19.0 Å². The normalized spacial score (nSPS) is 19.3. The van der Waals surface area contributed by atoms with Gasteiger partial charge in [0.05, 0.1) is 20.8 Å². The minimum absolute atomic E-state index is 0.0220. The average Bonchev–Trinajstić information content (AvgIpc) is 3.38. The van der Waals surface area contributed by atoms with E-state index < -0.39 is 0 Å². The molecule has 1 aromatic carbocycles. The monoisotopic (exact) mass is 404 g/mol. The van der Waals surface area contributed by atoms with E-state index in [-0.39, 0.29) is 12.0 Å². The van der Waals surface area contributed by atoms with Crippen molar-refractivity contribution in [2.75, 3.05) is 39.2 Å². The van der Waals surface area contributed by atoms with Crippen LogP contribution in [0.1, 0.15) is 35.1 Å². The Bertz CT molecular complexity index is 850. The third-order valence-corrected chi connectivity index (χ3v) is 5.99. The van der Waals surface area contributed by atoms with Crippen LogP contribution < -0.4 is 14.8 Å². The summed E-state index contributed by atoms with van der Waals surface area (Å²) in [5.74, 6) is 1.37. The highest BCUT2D eigenvalue weighted by Crippen LogP contribution is 2.34. The van der Waals surface area contributed by atoms with E-state index >= 15 is 0 Å². The van der Waals surface area contributed by atoms with Gasteiger partial charge in [-0.15, -0.1) is 10.2 Å². The molecular formula is C19H24N4O4S. The molecule has 2 aromatic rings. The van der Waals surface area contributed by atoms with E-state index in [1.54, 1.807) is 14.2 Å². The molecular weight excluding hydrogens is 380 g/mol. The van der Waals surface area contributed by atoms with E-state index in [1.807, 2.05) is 12.1 Å². The molecule has 0 saturated carbocycles. The van der Waals surface area contributed by atoms with Gasteiger partial charge in [0.25, 0.3) is 0 Å². The fourth-order valence-corrected chi connectivity index (χ4v) is 4.47. The number of benzene rings is 1. The lowest BCUT2D eigenvalue weighted by molar-refractivity contribution is -0.117. The van der Waals surface area contributed by atoms with Gasteiger partial charge in [-0.2, -0.15) is 0 Å². The SMILES string of the molecule is COc1cc2c(cc1OC)CN(CC(=O)Nc1nnc(C3CCCO3)s1)CC2. The molecule has 9 heteroatoms. The number of carbonyl (C=O) groups excluding carboxylic acids is 1. The number of aromatic nitrogens is 2. The molecule has 1 atom stereocenters. The Labute approximate surface area is 167 Å². The number of amides is 1. The van der Waals surface area contributed by atoms with Gasteiger partial charge in [-0.3, -0.25) is 15.0 Å². The molecule has 2 aliphatic heterocycles. The van der Waals surface area contributed by atoms with Gasteiger partial charge in [0, 0.05) is 19.7 Å². The van der Waals surface area contributed by atoms with Crippen LogP contribution in [0.3, 0.4) is 0 Å². The minimum atomic E-state index is -0.0843. The van der Waals surface area contributed by atoms with Crippen molar-refractivity contribution in [1.29, 1.82) is 0 Å². The largest absolute Gasteiger partial charge is 0.493 e. The van der Waals surface area contributed by atoms with Crippen molar-refractivity contribution in [3.05, 3.63) is 28.3 Å². The Balaban J connectivity index is 1.35. The van der Waals surface area contributed by atoms with Gasteiger partial charge in [0.2, 0.25) is 11.0 Å². The maximum Gasteiger partial charge on any atom is 0.240 e. The van der Waals surface area contributed by atoms with Crippen LogP contribution in [0.5, 0.6) is 11.5 Å². The van der Waals surface area contributed by atoms with E-state index in [4.69, 9.17) is 14.2 Å². The maximum atomic E-state index is 12.5. The van der Waals surface area contributed by atoms with E-state index in [9.17, 15) is 4.79 Å². The summed E-state index contributed by atoms with van der Waals surface area (Å²) < 4.78 is 16.4. The van der Waals surface area contributed by atoms with Crippen LogP contribution in [0, 0.1) is 0 Å². The van der Waals surface area contributed by atoms with Gasteiger partial charge >= 0.3 is 0 Å². The van der Waals surface area contributed by atoms with Crippen molar-refractivity contribution in [1.82, 2.24) is 15.1 Å². The molecule has 0 aliphatic carbocycles. The van der Waals surface area contributed by atoms with E-state index in [1.165, 1.54) is 16.9 Å². The summed E-state index contributed by atoms with van der Waals surface area (Å²) in [5.41, 5.74) is 2.40. The van der Waals surface area contributed by atoms with Gasteiger partial charge in [0.15, 0.2) is 11.5 Å². The highest BCUT2D eigenvalue weighted by atomic mass is 32.1. The predicted molar refractivity (Wildman–Crippen MR) is 105 cm³/mol. The average molecular weight is 404 g/mol. The topological polar surface area (TPSA) is 85.8 Å². The van der Waals surface area contributed by atoms with Crippen molar-refractivity contribution in [3.8, 4) is 11.5 Å². The zero-order chi connectivity index (χ0) is 19.5. The van der Waals surface area contributed by atoms with Gasteiger partial charge < -0.3 is 14.2 Å². The Morgan fingerprint density at radius 1 is 1.29 bits per heavy atom. The summed E-state index contributed by atoms with van der Waals surface area (Å²) in [6, 6.07) is 4.02. The lowest BCUT2D eigenvalue weighted by Crippen LogP contribution is -2.37. The molecule has 4 rings (SSSR count). The molecule has 8 nitrogen and oxygen atoms in total. The summed E-state index contributed by atoms with van der Waals surface area (Å²) in [5, 5.41) is 12.5. The Hall–Kier alpha value is -2.23. The van der Waals surface area contributed by atoms with E-state index in [0.29, 0.717) is 24.0 Å². The number of nitrogens with one attached hydrogen (secondary N) is 1. The maximum absolute atomic E-state index is 12.5. The number of nitrogens with zero attached hydrogens (tertiary/aromatic N) is 3. The molecule has 1 aromatic heterocycles. The molecule has 1 unspecified atom stereocenters. The molecule has 28 heavy (non-hydrogen) atoms. The Morgan fingerprint density at radius 2 is 2.07 bits per heavy atom. The van der Waals surface area contributed by atoms with Crippen molar-refractivity contribution in [2.24, 2.45) is 0 Å². The Morgan fingerprint density at radius 3 is 2.79 bits per heavy atom. The first-order valence-electron chi connectivity index (χ1n) is 9.37. The first-order chi connectivity index (χ1) is 13.7. The summed E-state index contributed by atoms with van der Waals surface area (Å²) in [6.45, 7) is 2.58. The summed E-state index contributed by atoms with van der Waals surface area (Å²) in [4.78, 5) is 14.6. The fourth-order valence-electron chi connectivity index (χ4n) is 3.63. The van der Waals surface area contributed by atoms with E-state index in [2.05, 4.69) is 20.4 Å². The lowest BCUT2D eigenvalue weighted by atomic mass is 9.99. The molecule has 1 saturated heterocycles. The van der Waals surface area contributed by atoms with Crippen molar-refractivity contribution in [2.45, 2.75) is 31.9 Å². The zero-order valence-corrected chi connectivity index (χ0v) is 16.9. The number of hydrogen-bond donors (Lipinski definition) is 1. The van der Waals surface area contributed by atoms with Crippen LogP contribution in [-0.2, 0) is 22.5 Å². The smallest absolute Gasteiger partial charge is 0.240 e. The molecule has 1 N–H and O–H groups in total. The highest BCUT2D eigenvalue weighted by molar-refractivity contribution is 7.15. The number of fused-ring (bicyclic) bond motifs is 1. The Kier molecular flexibility index (Phi) is 5.74. The zero-order valence-electron chi connectivity index (χ0n) is 16.1. The van der Waals surface area contributed by atoms with Gasteiger partial charge in [-0.25, -0.2) is 0 Å². The first kappa shape index (κ1) is 19.1. The summed E-state index contributed by atoms with van der Waals surface area (Å²) >= 11 is 1.39. The van der Waals surface area contributed by atoms with Crippen LogP contribution >= 0.6 is 11.3 Å². The number of anilines is 1. The third-order valence-electron chi connectivity index (χ3n) is 5.06. The van der Waals surface area contributed by atoms with Crippen LogP contribution in [0.15, 0.2) is 12.1 Å². The number of hydrogen-bond acceptors (Lipinski definition) is 8. The first-order valence-corrected chi connectivity index (χ1v) is 10.2. The molecule has 0 spiro atoms. The molecule has 0 radical (unpaired) electrons. The number of ether oxygens (including phenoxy) is 3. The van der Waals surface area contributed by atoms with Gasteiger partial charge in [-0.1, -0.05) is 11.3 Å². The number of rotatable bonds is 6. The highest BCUT2D eigenvalue weighted by Gasteiger charge is 2.24. The van der Waals surface area contributed by atoms with Crippen LogP contribution in [0.25, 0.3) is 0 Å². The standard InChI is InChI=1S/C19H24N4O4S/c1-25-15-8-12-5-6-23(10-13(12)9-16(15)26-2)11-17(24)20-19-22-21-18(28-19)14-4-3-7-27-14/h8-9,14H,3-7,10-11H2,1-2H3,(H,20,22,24). The van der Waals surface area contributed by atoms with Crippen LogP contribution in [0.4, 0.5) is 5.13 Å². The lowest BCUT2D eigenvalue weighted by Gasteiger charge is -2.28. The molecule has 0 bridgehead atoms. The van der Waals surface area contributed by atoms with E-state index in [0.717, 1.165) is 48.7 Å². The number of carbonyl (C=O) groups is 1. The third kappa shape index (κ3) is 4.11. The molecule has 1 fully saturated rings. The summed E-state index contributed by atoms with van der Waals surface area (Å²) in [6.07, 6.45) is 2.89. The predicted octanol–water partition coefficient (Wildman–Crippen LogP) is 2.40. The van der Waals surface area contributed by atoms with Gasteiger partial charge in [-0.05, 0) is 42.5 Å². The number of methoxy groups -OCH3 is 2. The molecule has 150 valence electrons. The minimum Gasteiger partial charge on any atom is -0.493 e. The van der Waals surface area contributed by atoms with Crippen LogP contribution in [0.2, 0.25) is 0 Å².